The molecule has 5 heteroatoms. The van der Waals surface area contributed by atoms with E-state index in [0.717, 1.165) is 13.0 Å². The van der Waals surface area contributed by atoms with Crippen molar-refractivity contribution in [3.8, 4) is 0 Å². The molecule has 1 amide bonds. The maximum Gasteiger partial charge on any atom is 0.229 e. The normalized spacial score (nSPS) is 23.0. The first-order valence-electron chi connectivity index (χ1n) is 7.34. The number of aliphatic hydroxyl groups excluding tert-OH is 1. The standard InChI is InChI=1S/C14H28N2O3/c1-4-6-15-13-10-19-9-12(13)14(18)16(11(2)3)7-5-8-17/h11-13,15,17H,4-10H2,1-3H3. The molecule has 1 fully saturated rings. The molecule has 112 valence electrons. The Morgan fingerprint density at radius 2 is 2.21 bits per heavy atom. The van der Waals surface area contributed by atoms with Gasteiger partial charge in [0.1, 0.15) is 0 Å². The average Bonchev–Trinajstić information content (AvgIpc) is 2.84. The Bertz CT molecular complexity index is 271. The molecule has 0 aliphatic carbocycles. The molecule has 1 aliphatic rings. The van der Waals surface area contributed by atoms with E-state index in [2.05, 4.69) is 12.2 Å². The first-order valence-corrected chi connectivity index (χ1v) is 7.34. The lowest BCUT2D eigenvalue weighted by Crippen LogP contribution is -2.48. The predicted molar refractivity (Wildman–Crippen MR) is 74.9 cm³/mol. The van der Waals surface area contributed by atoms with Crippen LogP contribution in [0.5, 0.6) is 0 Å². The summed E-state index contributed by atoms with van der Waals surface area (Å²) in [6.45, 7) is 8.90. The predicted octanol–water partition coefficient (Wildman–Crippen LogP) is 0.620. The van der Waals surface area contributed by atoms with Gasteiger partial charge in [0, 0.05) is 25.2 Å². The second-order valence-corrected chi connectivity index (χ2v) is 5.41. The zero-order chi connectivity index (χ0) is 14.3. The molecule has 0 saturated carbocycles. The van der Waals surface area contributed by atoms with E-state index < -0.39 is 0 Å². The molecule has 0 aromatic carbocycles. The topological polar surface area (TPSA) is 61.8 Å². The lowest BCUT2D eigenvalue weighted by molar-refractivity contribution is -0.137. The van der Waals surface area contributed by atoms with Gasteiger partial charge < -0.3 is 20.1 Å². The molecule has 0 aromatic rings. The molecule has 19 heavy (non-hydrogen) atoms. The first kappa shape index (κ1) is 16.4. The number of hydrogen-bond acceptors (Lipinski definition) is 4. The second-order valence-electron chi connectivity index (χ2n) is 5.41. The van der Waals surface area contributed by atoms with Crippen molar-refractivity contribution in [1.82, 2.24) is 10.2 Å². The van der Waals surface area contributed by atoms with Gasteiger partial charge in [-0.3, -0.25) is 4.79 Å². The highest BCUT2D eigenvalue weighted by atomic mass is 16.5. The Hall–Kier alpha value is -0.650. The average molecular weight is 272 g/mol. The summed E-state index contributed by atoms with van der Waals surface area (Å²) in [5, 5.41) is 12.3. The SMILES string of the molecule is CCCNC1COCC1C(=O)N(CCCO)C(C)C. The van der Waals surface area contributed by atoms with Gasteiger partial charge in [-0.1, -0.05) is 6.92 Å². The Labute approximate surface area is 116 Å². The van der Waals surface area contributed by atoms with E-state index in [1.54, 1.807) is 0 Å². The maximum atomic E-state index is 12.6. The fourth-order valence-corrected chi connectivity index (χ4v) is 2.41. The zero-order valence-corrected chi connectivity index (χ0v) is 12.4. The van der Waals surface area contributed by atoms with Gasteiger partial charge in [-0.25, -0.2) is 0 Å². The molecule has 1 aliphatic heterocycles. The number of hydrogen-bond donors (Lipinski definition) is 2. The second kappa shape index (κ2) is 8.51. The number of ether oxygens (including phenoxy) is 1. The van der Waals surface area contributed by atoms with Gasteiger partial charge in [0.15, 0.2) is 0 Å². The van der Waals surface area contributed by atoms with E-state index in [9.17, 15) is 4.79 Å². The van der Waals surface area contributed by atoms with Crippen LogP contribution in [0.15, 0.2) is 0 Å². The van der Waals surface area contributed by atoms with Gasteiger partial charge in [-0.2, -0.15) is 0 Å². The Kier molecular flexibility index (Phi) is 7.34. The van der Waals surface area contributed by atoms with Gasteiger partial charge >= 0.3 is 0 Å². The van der Waals surface area contributed by atoms with Crippen LogP contribution in [-0.4, -0.2) is 60.9 Å². The van der Waals surface area contributed by atoms with Crippen LogP contribution in [0.4, 0.5) is 0 Å². The molecule has 0 spiro atoms. The quantitative estimate of drug-likeness (QED) is 0.680. The largest absolute Gasteiger partial charge is 0.396 e. The number of carbonyl (C=O) groups is 1. The van der Waals surface area contributed by atoms with Crippen molar-refractivity contribution in [3.05, 3.63) is 0 Å². The van der Waals surface area contributed by atoms with Gasteiger partial charge in [0.2, 0.25) is 5.91 Å². The van der Waals surface area contributed by atoms with Crippen molar-refractivity contribution < 1.29 is 14.6 Å². The van der Waals surface area contributed by atoms with Crippen LogP contribution < -0.4 is 5.32 Å². The molecular formula is C14H28N2O3. The summed E-state index contributed by atoms with van der Waals surface area (Å²) < 4.78 is 5.46. The third kappa shape index (κ3) is 4.75. The third-order valence-corrected chi connectivity index (χ3v) is 3.52. The Morgan fingerprint density at radius 1 is 1.47 bits per heavy atom. The summed E-state index contributed by atoms with van der Waals surface area (Å²) >= 11 is 0. The fourth-order valence-electron chi connectivity index (χ4n) is 2.41. The molecule has 1 rings (SSSR count). The van der Waals surface area contributed by atoms with Crippen LogP contribution in [0.25, 0.3) is 0 Å². The summed E-state index contributed by atoms with van der Waals surface area (Å²) in [5.41, 5.74) is 0. The number of carbonyl (C=O) groups excluding carboxylic acids is 1. The number of rotatable bonds is 8. The summed E-state index contributed by atoms with van der Waals surface area (Å²) in [5.74, 6) is 0.0576. The lowest BCUT2D eigenvalue weighted by Gasteiger charge is -2.31. The zero-order valence-electron chi connectivity index (χ0n) is 12.4. The molecule has 2 N–H and O–H groups in total. The first-order chi connectivity index (χ1) is 9.11. The minimum atomic E-state index is -0.0901. The number of nitrogens with zero attached hydrogens (tertiary/aromatic N) is 1. The van der Waals surface area contributed by atoms with Crippen molar-refractivity contribution in [2.45, 2.75) is 45.7 Å². The molecule has 0 aromatic heterocycles. The van der Waals surface area contributed by atoms with Crippen LogP contribution in [0.1, 0.15) is 33.6 Å². The molecule has 5 nitrogen and oxygen atoms in total. The van der Waals surface area contributed by atoms with Crippen LogP contribution in [0.3, 0.4) is 0 Å². The lowest BCUT2D eigenvalue weighted by atomic mass is 10.0. The van der Waals surface area contributed by atoms with Gasteiger partial charge in [0.25, 0.3) is 0 Å². The summed E-state index contributed by atoms with van der Waals surface area (Å²) in [4.78, 5) is 14.4. The van der Waals surface area contributed by atoms with E-state index in [-0.39, 0.29) is 30.5 Å². The van der Waals surface area contributed by atoms with E-state index in [1.165, 1.54) is 0 Å². The Balaban J connectivity index is 2.61. The molecule has 0 radical (unpaired) electrons. The van der Waals surface area contributed by atoms with E-state index in [0.29, 0.717) is 26.2 Å². The van der Waals surface area contributed by atoms with Crippen LogP contribution >= 0.6 is 0 Å². The maximum absolute atomic E-state index is 12.6. The summed E-state index contributed by atoms with van der Waals surface area (Å²) in [6, 6.07) is 0.286. The minimum absolute atomic E-state index is 0.0901. The molecule has 1 saturated heterocycles. The summed E-state index contributed by atoms with van der Waals surface area (Å²) in [7, 11) is 0. The Morgan fingerprint density at radius 3 is 2.79 bits per heavy atom. The minimum Gasteiger partial charge on any atom is -0.396 e. The molecule has 2 atom stereocenters. The van der Waals surface area contributed by atoms with Gasteiger partial charge in [-0.15, -0.1) is 0 Å². The smallest absolute Gasteiger partial charge is 0.229 e. The van der Waals surface area contributed by atoms with Gasteiger partial charge in [-0.05, 0) is 33.2 Å². The molecular weight excluding hydrogens is 244 g/mol. The van der Waals surface area contributed by atoms with Crippen LogP contribution in [-0.2, 0) is 9.53 Å². The van der Waals surface area contributed by atoms with Crippen molar-refractivity contribution in [3.63, 3.8) is 0 Å². The van der Waals surface area contributed by atoms with Crippen molar-refractivity contribution >= 4 is 5.91 Å². The summed E-state index contributed by atoms with van der Waals surface area (Å²) in [6.07, 6.45) is 1.68. The highest BCUT2D eigenvalue weighted by Crippen LogP contribution is 2.18. The number of aliphatic hydroxyl groups is 1. The van der Waals surface area contributed by atoms with E-state index in [4.69, 9.17) is 9.84 Å². The van der Waals surface area contributed by atoms with E-state index >= 15 is 0 Å². The van der Waals surface area contributed by atoms with Crippen LogP contribution in [0, 0.1) is 5.92 Å². The third-order valence-electron chi connectivity index (χ3n) is 3.52. The highest BCUT2D eigenvalue weighted by molar-refractivity contribution is 5.80. The van der Waals surface area contributed by atoms with Crippen molar-refractivity contribution in [2.75, 3.05) is 32.9 Å². The number of nitrogens with one attached hydrogen (secondary N) is 1. The molecule has 1 heterocycles. The van der Waals surface area contributed by atoms with Crippen molar-refractivity contribution in [1.29, 1.82) is 0 Å². The number of amides is 1. The molecule has 2 unspecified atom stereocenters. The van der Waals surface area contributed by atoms with Crippen LogP contribution in [0.2, 0.25) is 0 Å². The monoisotopic (exact) mass is 272 g/mol. The van der Waals surface area contributed by atoms with Gasteiger partial charge in [0.05, 0.1) is 19.1 Å². The van der Waals surface area contributed by atoms with Crippen molar-refractivity contribution in [2.24, 2.45) is 5.92 Å². The highest BCUT2D eigenvalue weighted by Gasteiger charge is 2.36. The fraction of sp³-hybridized carbons (Fsp3) is 0.929. The molecule has 0 bridgehead atoms. The van der Waals surface area contributed by atoms with E-state index in [1.807, 2.05) is 18.7 Å².